The molecule has 268 valence electrons. The molecule has 1 unspecified atom stereocenters. The molecule has 1 heteroatoms. The number of para-hydroxylation sites is 2. The highest BCUT2D eigenvalue weighted by atomic mass is 15.0. The maximum Gasteiger partial charge on any atom is 0.0725 e. The van der Waals surface area contributed by atoms with E-state index in [2.05, 4.69) is 211 Å². The molecule has 1 aromatic heterocycles. The van der Waals surface area contributed by atoms with Crippen molar-refractivity contribution in [2.75, 3.05) is 0 Å². The van der Waals surface area contributed by atoms with Crippen molar-refractivity contribution in [2.24, 2.45) is 0 Å². The van der Waals surface area contributed by atoms with Crippen molar-refractivity contribution < 1.29 is 0 Å². The summed E-state index contributed by atoms with van der Waals surface area (Å²) in [4.78, 5) is 0. The van der Waals surface area contributed by atoms with E-state index in [1.807, 2.05) is 0 Å². The summed E-state index contributed by atoms with van der Waals surface area (Å²) in [7, 11) is 0. The maximum atomic E-state index is 2.59. The molecule has 0 aliphatic heterocycles. The molecule has 2 aliphatic carbocycles. The molecular weight excluding hydrogens is 687 g/mol. The zero-order valence-electron chi connectivity index (χ0n) is 31.6. The predicted octanol–water partition coefficient (Wildman–Crippen LogP) is 14.0. The van der Waals surface area contributed by atoms with Gasteiger partial charge in [-0.2, -0.15) is 0 Å². The molecule has 0 N–H and O–H groups in total. The van der Waals surface area contributed by atoms with Crippen LogP contribution in [0.5, 0.6) is 0 Å². The lowest BCUT2D eigenvalue weighted by molar-refractivity contribution is 0.711. The number of aromatic nitrogens is 1. The van der Waals surface area contributed by atoms with Gasteiger partial charge in [0.2, 0.25) is 0 Å². The Morgan fingerprint density at radius 1 is 0.386 bits per heavy atom. The van der Waals surface area contributed by atoms with Crippen LogP contribution in [0.3, 0.4) is 0 Å². The van der Waals surface area contributed by atoms with Crippen molar-refractivity contribution in [1.82, 2.24) is 4.57 Å². The second-order valence-electron chi connectivity index (χ2n) is 15.9. The SMILES string of the molecule is c1ccc(-n2c3ccccc3c3cc(CCC(c4ccc5c(c4)C4(c6ccccc6-c6ccccc64)c4ccccc4-5)c4ccc5ccccc5c4)ccc32)cc1. The lowest BCUT2D eigenvalue weighted by Gasteiger charge is -2.31. The van der Waals surface area contributed by atoms with Gasteiger partial charge in [-0.3, -0.25) is 0 Å². The van der Waals surface area contributed by atoms with E-state index in [9.17, 15) is 0 Å². The third-order valence-corrected chi connectivity index (χ3v) is 13.1. The molecule has 1 heterocycles. The Balaban J connectivity index is 1.02. The quantitative estimate of drug-likeness (QED) is 0.161. The summed E-state index contributed by atoms with van der Waals surface area (Å²) in [6.07, 6.45) is 1.96. The van der Waals surface area contributed by atoms with Crippen LogP contribution in [0, 0.1) is 0 Å². The van der Waals surface area contributed by atoms with E-state index in [4.69, 9.17) is 0 Å². The fourth-order valence-electron chi connectivity index (χ4n) is 10.6. The van der Waals surface area contributed by atoms with Crippen LogP contribution in [0.2, 0.25) is 0 Å². The average molecular weight is 726 g/mol. The minimum atomic E-state index is -0.360. The van der Waals surface area contributed by atoms with Gasteiger partial charge in [-0.25, -0.2) is 0 Å². The number of benzene rings is 9. The van der Waals surface area contributed by atoms with E-state index < -0.39 is 0 Å². The first-order valence-electron chi connectivity index (χ1n) is 20.3. The van der Waals surface area contributed by atoms with Gasteiger partial charge in [-0.15, -0.1) is 0 Å². The van der Waals surface area contributed by atoms with E-state index >= 15 is 0 Å². The number of fused-ring (bicyclic) bond motifs is 14. The van der Waals surface area contributed by atoms with Crippen LogP contribution in [-0.2, 0) is 11.8 Å². The lowest BCUT2D eigenvalue weighted by atomic mass is 9.70. The van der Waals surface area contributed by atoms with Gasteiger partial charge in [0.1, 0.15) is 0 Å². The first-order chi connectivity index (χ1) is 28.3. The number of hydrogen-bond donors (Lipinski definition) is 0. The van der Waals surface area contributed by atoms with Gasteiger partial charge < -0.3 is 4.57 Å². The smallest absolute Gasteiger partial charge is 0.0725 e. The Kier molecular flexibility index (Phi) is 7.10. The van der Waals surface area contributed by atoms with Crippen LogP contribution in [0.15, 0.2) is 206 Å². The summed E-state index contributed by atoms with van der Waals surface area (Å²) in [5.41, 5.74) is 18.4. The van der Waals surface area contributed by atoms with Gasteiger partial charge in [0, 0.05) is 22.4 Å². The van der Waals surface area contributed by atoms with Crippen LogP contribution in [0.25, 0.3) is 60.5 Å². The van der Waals surface area contributed by atoms with Crippen LogP contribution in [0.4, 0.5) is 0 Å². The van der Waals surface area contributed by atoms with E-state index in [1.165, 1.54) is 99.5 Å². The fraction of sp³-hybridized carbons (Fsp3) is 0.0714. The first-order valence-corrected chi connectivity index (χ1v) is 20.3. The summed E-state index contributed by atoms with van der Waals surface area (Å²) >= 11 is 0. The zero-order chi connectivity index (χ0) is 37.5. The molecule has 0 bridgehead atoms. The molecule has 0 fully saturated rings. The molecule has 2 aliphatic rings. The van der Waals surface area contributed by atoms with Crippen molar-refractivity contribution >= 4 is 32.6 Å². The molecule has 12 rings (SSSR count). The van der Waals surface area contributed by atoms with Crippen LogP contribution in [-0.4, -0.2) is 4.57 Å². The van der Waals surface area contributed by atoms with E-state index in [1.54, 1.807) is 0 Å². The number of aryl methyl sites for hydroxylation is 1. The number of hydrogen-bond acceptors (Lipinski definition) is 0. The molecule has 1 atom stereocenters. The van der Waals surface area contributed by atoms with Gasteiger partial charge in [0.15, 0.2) is 0 Å². The Labute approximate surface area is 333 Å². The van der Waals surface area contributed by atoms with Crippen molar-refractivity contribution in [1.29, 1.82) is 0 Å². The van der Waals surface area contributed by atoms with Gasteiger partial charge >= 0.3 is 0 Å². The number of rotatable bonds is 6. The molecule has 10 aromatic rings. The van der Waals surface area contributed by atoms with Crippen molar-refractivity contribution in [3.8, 4) is 27.9 Å². The molecule has 1 spiro atoms. The van der Waals surface area contributed by atoms with Gasteiger partial charge in [-0.1, -0.05) is 176 Å². The Morgan fingerprint density at radius 3 is 1.68 bits per heavy atom. The largest absolute Gasteiger partial charge is 0.309 e. The van der Waals surface area contributed by atoms with Gasteiger partial charge in [-0.05, 0) is 115 Å². The predicted molar refractivity (Wildman–Crippen MR) is 238 cm³/mol. The van der Waals surface area contributed by atoms with Gasteiger partial charge in [0.25, 0.3) is 0 Å². The summed E-state index contributed by atoms with van der Waals surface area (Å²) < 4.78 is 2.41. The second-order valence-corrected chi connectivity index (χ2v) is 15.9. The summed E-state index contributed by atoms with van der Waals surface area (Å²) in [5.74, 6) is 0.203. The van der Waals surface area contributed by atoms with Crippen LogP contribution >= 0.6 is 0 Å². The van der Waals surface area contributed by atoms with Crippen LogP contribution in [0.1, 0.15) is 51.3 Å². The van der Waals surface area contributed by atoms with Crippen molar-refractivity contribution in [3.05, 3.63) is 245 Å². The van der Waals surface area contributed by atoms with Crippen LogP contribution < -0.4 is 0 Å². The molecule has 9 aromatic carbocycles. The van der Waals surface area contributed by atoms with Gasteiger partial charge in [0.05, 0.1) is 16.4 Å². The first kappa shape index (κ1) is 32.3. The maximum absolute atomic E-state index is 2.59. The molecule has 0 amide bonds. The highest BCUT2D eigenvalue weighted by Crippen LogP contribution is 2.63. The molecule has 57 heavy (non-hydrogen) atoms. The Hall–Kier alpha value is -6.96. The molecular formula is C56H39N. The molecule has 1 nitrogen and oxygen atoms in total. The topological polar surface area (TPSA) is 4.93 Å². The number of nitrogens with zero attached hydrogens (tertiary/aromatic N) is 1. The van der Waals surface area contributed by atoms with E-state index in [0.717, 1.165) is 12.8 Å². The van der Waals surface area contributed by atoms with Crippen molar-refractivity contribution in [2.45, 2.75) is 24.2 Å². The second kappa shape index (κ2) is 12.5. The minimum absolute atomic E-state index is 0.203. The molecule has 0 saturated heterocycles. The van der Waals surface area contributed by atoms with E-state index in [0.29, 0.717) is 0 Å². The van der Waals surface area contributed by atoms with E-state index in [-0.39, 0.29) is 11.3 Å². The zero-order valence-corrected chi connectivity index (χ0v) is 31.6. The minimum Gasteiger partial charge on any atom is -0.309 e. The Bertz CT molecular complexity index is 3140. The molecule has 0 radical (unpaired) electrons. The normalized spacial score (nSPS) is 13.8. The molecule has 0 saturated carbocycles. The summed E-state index contributed by atoms with van der Waals surface area (Å²) in [6, 6.07) is 77.5. The Morgan fingerprint density at radius 2 is 0.947 bits per heavy atom. The monoisotopic (exact) mass is 725 g/mol. The van der Waals surface area contributed by atoms with Crippen molar-refractivity contribution in [3.63, 3.8) is 0 Å². The summed E-state index contributed by atoms with van der Waals surface area (Å²) in [5, 5.41) is 5.18. The average Bonchev–Trinajstić information content (AvgIpc) is 3.88. The standard InChI is InChI=1S/C56H39N/c1-2-16-42(17-3-1)57-54-25-13-9-21-48(54)49-34-37(27-33-55(49)57)26-31-43(40-29-28-38-14-4-5-15-39(38)35-40)41-30-32-47-46-20-8-12-24-52(46)56(53(47)36-41)50-22-10-6-18-44(50)45-19-7-11-23-51(45)56/h1-25,27-30,32-36,43H,26,31H2. The summed E-state index contributed by atoms with van der Waals surface area (Å²) in [6.45, 7) is 0. The fourth-order valence-corrected chi connectivity index (χ4v) is 10.6. The highest BCUT2D eigenvalue weighted by Gasteiger charge is 2.51. The lowest BCUT2D eigenvalue weighted by Crippen LogP contribution is -2.26. The third-order valence-electron chi connectivity index (χ3n) is 13.1. The third kappa shape index (κ3) is 4.69. The highest BCUT2D eigenvalue weighted by molar-refractivity contribution is 6.09.